The van der Waals surface area contributed by atoms with Crippen molar-refractivity contribution in [2.75, 3.05) is 7.11 Å². The molecule has 0 saturated heterocycles. The standard InChI is InChI=1S/C20H32O4/c1-19-9-7-15(21)17(24-3)13(19)5-4-11-12(19)6-8-20(2)14(11)10-16(22)18(20)23/h11-15,17-18,21,23H,4-10H2,1-3H3/t11-,12+,13+,14+,15-,17-,18+,19-,20+/m0/s1. The Kier molecular flexibility index (Phi) is 3.91. The van der Waals surface area contributed by atoms with Gasteiger partial charge < -0.3 is 14.9 Å². The molecule has 24 heavy (non-hydrogen) atoms. The number of ether oxygens (including phenoxy) is 1. The minimum Gasteiger partial charge on any atom is -0.390 e. The van der Waals surface area contributed by atoms with Crippen LogP contribution in [0.15, 0.2) is 0 Å². The van der Waals surface area contributed by atoms with Crippen molar-refractivity contribution in [3.05, 3.63) is 0 Å². The van der Waals surface area contributed by atoms with Crippen LogP contribution >= 0.6 is 0 Å². The van der Waals surface area contributed by atoms with Crippen LogP contribution in [0.3, 0.4) is 0 Å². The predicted octanol–water partition coefficient (Wildman–Crippen LogP) is 2.55. The van der Waals surface area contributed by atoms with Crippen LogP contribution in [0.25, 0.3) is 0 Å². The van der Waals surface area contributed by atoms with Gasteiger partial charge in [0, 0.05) is 18.9 Å². The van der Waals surface area contributed by atoms with Gasteiger partial charge in [0.2, 0.25) is 0 Å². The van der Waals surface area contributed by atoms with Crippen molar-refractivity contribution in [3.8, 4) is 0 Å². The first-order valence-electron chi connectivity index (χ1n) is 9.74. The van der Waals surface area contributed by atoms with Crippen molar-refractivity contribution in [1.82, 2.24) is 0 Å². The predicted molar refractivity (Wildman–Crippen MR) is 90.3 cm³/mol. The van der Waals surface area contributed by atoms with E-state index in [0.29, 0.717) is 30.1 Å². The highest BCUT2D eigenvalue weighted by Gasteiger charge is 2.63. The van der Waals surface area contributed by atoms with Gasteiger partial charge in [-0.3, -0.25) is 4.79 Å². The van der Waals surface area contributed by atoms with Crippen LogP contribution in [0.5, 0.6) is 0 Å². The molecule has 4 aliphatic carbocycles. The fourth-order valence-electron chi connectivity index (χ4n) is 7.38. The van der Waals surface area contributed by atoms with E-state index in [1.54, 1.807) is 7.11 Å². The lowest BCUT2D eigenvalue weighted by atomic mass is 9.44. The minimum atomic E-state index is -0.756. The Morgan fingerprint density at radius 1 is 0.958 bits per heavy atom. The van der Waals surface area contributed by atoms with Gasteiger partial charge >= 0.3 is 0 Å². The smallest absolute Gasteiger partial charge is 0.162 e. The molecule has 136 valence electrons. The molecule has 0 bridgehead atoms. The Balaban J connectivity index is 1.65. The average molecular weight is 336 g/mol. The highest BCUT2D eigenvalue weighted by molar-refractivity contribution is 5.86. The first-order valence-corrected chi connectivity index (χ1v) is 9.74. The lowest BCUT2D eigenvalue weighted by Crippen LogP contribution is -2.58. The van der Waals surface area contributed by atoms with Gasteiger partial charge in [-0.1, -0.05) is 13.8 Å². The fraction of sp³-hybridized carbons (Fsp3) is 0.950. The van der Waals surface area contributed by atoms with Gasteiger partial charge in [0.25, 0.3) is 0 Å². The summed E-state index contributed by atoms with van der Waals surface area (Å²) in [5.74, 6) is 1.95. The molecule has 4 fully saturated rings. The summed E-state index contributed by atoms with van der Waals surface area (Å²) in [6.45, 7) is 4.54. The normalized spacial score (nSPS) is 57.2. The lowest BCUT2D eigenvalue weighted by Gasteiger charge is -2.61. The van der Waals surface area contributed by atoms with Crippen LogP contribution in [0.1, 0.15) is 58.8 Å². The van der Waals surface area contributed by atoms with Crippen molar-refractivity contribution >= 4 is 5.78 Å². The Bertz CT molecular complexity index is 534. The molecule has 0 unspecified atom stereocenters. The van der Waals surface area contributed by atoms with E-state index in [0.717, 1.165) is 38.5 Å². The Hall–Kier alpha value is -0.450. The fourth-order valence-corrected chi connectivity index (χ4v) is 7.38. The summed E-state index contributed by atoms with van der Waals surface area (Å²) in [5, 5.41) is 20.8. The summed E-state index contributed by atoms with van der Waals surface area (Å²) in [6.07, 6.45) is 5.53. The monoisotopic (exact) mass is 336 g/mol. The third kappa shape index (κ3) is 2.05. The zero-order valence-electron chi connectivity index (χ0n) is 15.2. The number of carbonyl (C=O) groups is 1. The largest absolute Gasteiger partial charge is 0.390 e. The molecule has 2 N–H and O–H groups in total. The van der Waals surface area contributed by atoms with Crippen LogP contribution in [0.2, 0.25) is 0 Å². The molecule has 0 aromatic rings. The van der Waals surface area contributed by atoms with Crippen molar-refractivity contribution in [3.63, 3.8) is 0 Å². The van der Waals surface area contributed by atoms with Crippen LogP contribution < -0.4 is 0 Å². The second kappa shape index (κ2) is 5.52. The molecule has 0 aliphatic heterocycles. The third-order valence-corrected chi connectivity index (χ3v) is 8.76. The van der Waals surface area contributed by atoms with Crippen molar-refractivity contribution in [2.24, 2.45) is 34.5 Å². The molecule has 4 rings (SSSR count). The first kappa shape index (κ1) is 17.0. The topological polar surface area (TPSA) is 66.8 Å². The molecule has 0 radical (unpaired) electrons. The molecule has 0 spiro atoms. The second-order valence-corrected chi connectivity index (χ2v) is 9.49. The zero-order valence-corrected chi connectivity index (χ0v) is 15.2. The van der Waals surface area contributed by atoms with E-state index < -0.39 is 6.10 Å². The number of ketones is 1. The van der Waals surface area contributed by atoms with E-state index in [1.807, 2.05) is 0 Å². The van der Waals surface area contributed by atoms with Crippen molar-refractivity contribution < 1.29 is 19.7 Å². The van der Waals surface area contributed by atoms with Crippen LogP contribution in [0.4, 0.5) is 0 Å². The van der Waals surface area contributed by atoms with E-state index in [9.17, 15) is 15.0 Å². The summed E-state index contributed by atoms with van der Waals surface area (Å²) in [5.41, 5.74) is -0.0168. The van der Waals surface area contributed by atoms with Crippen molar-refractivity contribution in [2.45, 2.75) is 77.1 Å². The molecule has 0 aromatic heterocycles. The number of aliphatic hydroxyl groups excluding tert-OH is 2. The minimum absolute atomic E-state index is 0.0474. The van der Waals surface area contributed by atoms with Crippen LogP contribution in [-0.2, 0) is 9.53 Å². The maximum Gasteiger partial charge on any atom is 0.162 e. The van der Waals surface area contributed by atoms with Gasteiger partial charge in [-0.15, -0.1) is 0 Å². The van der Waals surface area contributed by atoms with E-state index in [4.69, 9.17) is 4.74 Å². The summed E-state index contributed by atoms with van der Waals surface area (Å²) in [6, 6.07) is 0. The molecule has 9 atom stereocenters. The lowest BCUT2D eigenvalue weighted by molar-refractivity contribution is -0.184. The molecular weight excluding hydrogens is 304 g/mol. The Morgan fingerprint density at radius 3 is 2.38 bits per heavy atom. The molecule has 0 amide bonds. The summed E-state index contributed by atoms with van der Waals surface area (Å²) >= 11 is 0. The number of aliphatic hydroxyl groups is 2. The average Bonchev–Trinajstić information content (AvgIpc) is 2.79. The Labute approximate surface area is 145 Å². The summed E-state index contributed by atoms with van der Waals surface area (Å²) in [7, 11) is 1.73. The molecular formula is C20H32O4. The number of fused-ring (bicyclic) bond motifs is 5. The maximum absolute atomic E-state index is 12.2. The number of hydrogen-bond acceptors (Lipinski definition) is 4. The first-order chi connectivity index (χ1) is 11.3. The number of Topliss-reactive ketones (excluding diaryl/α,β-unsaturated/α-hetero) is 1. The second-order valence-electron chi connectivity index (χ2n) is 9.49. The number of hydrogen-bond donors (Lipinski definition) is 2. The quantitative estimate of drug-likeness (QED) is 0.772. The maximum atomic E-state index is 12.2. The Morgan fingerprint density at radius 2 is 1.67 bits per heavy atom. The zero-order chi connectivity index (χ0) is 17.3. The third-order valence-electron chi connectivity index (χ3n) is 8.76. The number of methoxy groups -OCH3 is 1. The molecule has 4 aliphatic rings. The van der Waals surface area contributed by atoms with Gasteiger partial charge in [0.05, 0.1) is 12.2 Å². The van der Waals surface area contributed by atoms with Gasteiger partial charge in [0.1, 0.15) is 6.10 Å². The molecule has 4 nitrogen and oxygen atoms in total. The van der Waals surface area contributed by atoms with E-state index >= 15 is 0 Å². The van der Waals surface area contributed by atoms with Crippen LogP contribution in [-0.4, -0.2) is 41.4 Å². The van der Waals surface area contributed by atoms with Gasteiger partial charge in [-0.05, 0) is 67.6 Å². The summed E-state index contributed by atoms with van der Waals surface area (Å²) in [4.78, 5) is 12.2. The SMILES string of the molecule is CO[C@H]1[C@H]2CC[C@H]3[C@@H](CC[C@@]4(C)[C@H](O)C(=O)C[C@H]34)[C@]2(C)CC[C@@H]1O. The molecule has 4 saturated carbocycles. The van der Waals surface area contributed by atoms with Crippen molar-refractivity contribution in [1.29, 1.82) is 0 Å². The van der Waals surface area contributed by atoms with E-state index in [2.05, 4.69) is 13.8 Å². The summed E-state index contributed by atoms with van der Waals surface area (Å²) < 4.78 is 5.71. The van der Waals surface area contributed by atoms with Gasteiger partial charge in [-0.2, -0.15) is 0 Å². The molecule has 0 heterocycles. The van der Waals surface area contributed by atoms with E-state index in [-0.39, 0.29) is 28.8 Å². The van der Waals surface area contributed by atoms with Gasteiger partial charge in [0.15, 0.2) is 5.78 Å². The molecule has 4 heteroatoms. The number of rotatable bonds is 1. The highest BCUT2D eigenvalue weighted by Crippen LogP contribution is 2.65. The van der Waals surface area contributed by atoms with Gasteiger partial charge in [-0.25, -0.2) is 0 Å². The number of carbonyl (C=O) groups excluding carboxylic acids is 1. The highest BCUT2D eigenvalue weighted by atomic mass is 16.5. The van der Waals surface area contributed by atoms with E-state index in [1.165, 1.54) is 0 Å². The molecule has 0 aromatic carbocycles. The van der Waals surface area contributed by atoms with Crippen LogP contribution in [0, 0.1) is 34.5 Å².